The van der Waals surface area contributed by atoms with Crippen molar-refractivity contribution < 1.29 is 0 Å². The number of alkyl halides is 2. The van der Waals surface area contributed by atoms with Crippen molar-refractivity contribution in [1.29, 1.82) is 0 Å². The summed E-state index contributed by atoms with van der Waals surface area (Å²) in [6.07, 6.45) is 7.26. The Morgan fingerprint density at radius 3 is 2.82 bits per heavy atom. The Morgan fingerprint density at radius 1 is 1.55 bits per heavy atom. The van der Waals surface area contributed by atoms with Gasteiger partial charge in [-0.1, -0.05) is 30.7 Å². The van der Waals surface area contributed by atoms with Crippen molar-refractivity contribution >= 4 is 23.2 Å². The number of hydrogen-bond acceptors (Lipinski definition) is 0. The Labute approximate surface area is 77.9 Å². The highest BCUT2D eigenvalue weighted by Crippen LogP contribution is 2.32. The molecule has 0 aliphatic heterocycles. The van der Waals surface area contributed by atoms with Gasteiger partial charge in [0.25, 0.3) is 0 Å². The van der Waals surface area contributed by atoms with Gasteiger partial charge in [0.1, 0.15) is 0 Å². The van der Waals surface area contributed by atoms with Crippen LogP contribution < -0.4 is 0 Å². The molecule has 0 amide bonds. The summed E-state index contributed by atoms with van der Waals surface area (Å²) in [5.41, 5.74) is 1.40. The summed E-state index contributed by atoms with van der Waals surface area (Å²) in [5.74, 6) is 1.29. The number of rotatable bonds is 2. The van der Waals surface area contributed by atoms with Gasteiger partial charge >= 0.3 is 0 Å². The Hall–Kier alpha value is 0.0600. The first-order valence-electron chi connectivity index (χ1n) is 3.69. The Kier molecular flexibility index (Phi) is 3.03. The van der Waals surface area contributed by atoms with Gasteiger partial charge in [0.2, 0.25) is 0 Å². The molecule has 0 aromatic carbocycles. The van der Waals surface area contributed by atoms with Crippen molar-refractivity contribution in [3.8, 4) is 0 Å². The standard InChI is InChI=1S/C9H12Cl2/c1-9(7-11)4-2-3-8(5-9)6-10/h2-4H,5-7H2,1H3. The van der Waals surface area contributed by atoms with Crippen LogP contribution in [0.3, 0.4) is 0 Å². The van der Waals surface area contributed by atoms with Crippen molar-refractivity contribution in [1.82, 2.24) is 0 Å². The van der Waals surface area contributed by atoms with Crippen LogP contribution in [-0.2, 0) is 0 Å². The fourth-order valence-electron chi connectivity index (χ4n) is 1.24. The molecule has 1 aliphatic rings. The highest BCUT2D eigenvalue weighted by molar-refractivity contribution is 6.19. The minimum atomic E-state index is 0.126. The molecule has 0 N–H and O–H groups in total. The molecule has 2 heteroatoms. The van der Waals surface area contributed by atoms with Gasteiger partial charge in [0.15, 0.2) is 0 Å². The lowest BCUT2D eigenvalue weighted by molar-refractivity contribution is 0.478. The van der Waals surface area contributed by atoms with Crippen LogP contribution in [0.2, 0.25) is 0 Å². The zero-order chi connectivity index (χ0) is 8.32. The van der Waals surface area contributed by atoms with E-state index < -0.39 is 0 Å². The van der Waals surface area contributed by atoms with Crippen LogP contribution in [0.5, 0.6) is 0 Å². The first-order valence-corrected chi connectivity index (χ1v) is 4.76. The highest BCUT2D eigenvalue weighted by atomic mass is 35.5. The third-order valence-electron chi connectivity index (χ3n) is 1.94. The van der Waals surface area contributed by atoms with E-state index in [-0.39, 0.29) is 5.41 Å². The predicted molar refractivity (Wildman–Crippen MR) is 51.4 cm³/mol. The molecule has 1 aliphatic carbocycles. The SMILES string of the molecule is CC1(CCl)C=CC=C(CCl)C1. The number of hydrogen-bond donors (Lipinski definition) is 0. The molecule has 0 heterocycles. The summed E-state index contributed by atoms with van der Waals surface area (Å²) in [7, 11) is 0. The van der Waals surface area contributed by atoms with Gasteiger partial charge < -0.3 is 0 Å². The lowest BCUT2D eigenvalue weighted by Crippen LogP contribution is -2.18. The molecule has 0 saturated carbocycles. The first-order chi connectivity index (χ1) is 5.20. The van der Waals surface area contributed by atoms with Crippen molar-refractivity contribution in [3.05, 3.63) is 23.8 Å². The number of halogens is 2. The van der Waals surface area contributed by atoms with Crippen LogP contribution in [0.25, 0.3) is 0 Å². The maximum atomic E-state index is 5.82. The maximum absolute atomic E-state index is 5.82. The van der Waals surface area contributed by atoms with Crippen molar-refractivity contribution in [2.24, 2.45) is 5.41 Å². The Balaban J connectivity index is 2.68. The van der Waals surface area contributed by atoms with E-state index >= 15 is 0 Å². The molecule has 0 fully saturated rings. The summed E-state index contributed by atoms with van der Waals surface area (Å²) in [6, 6.07) is 0. The zero-order valence-corrected chi connectivity index (χ0v) is 8.12. The van der Waals surface area contributed by atoms with Crippen molar-refractivity contribution in [3.63, 3.8) is 0 Å². The molecule has 0 radical (unpaired) electrons. The van der Waals surface area contributed by atoms with Crippen LogP contribution in [0, 0.1) is 5.41 Å². The van der Waals surface area contributed by atoms with Gasteiger partial charge in [-0.15, -0.1) is 23.2 Å². The molecular weight excluding hydrogens is 179 g/mol. The maximum Gasteiger partial charge on any atom is 0.0436 e. The Bertz CT molecular complexity index is 194. The smallest absolute Gasteiger partial charge is 0.0436 e. The summed E-state index contributed by atoms with van der Waals surface area (Å²) >= 11 is 11.5. The first kappa shape index (κ1) is 9.15. The van der Waals surface area contributed by atoms with E-state index in [1.807, 2.05) is 6.08 Å². The van der Waals surface area contributed by atoms with E-state index in [4.69, 9.17) is 23.2 Å². The van der Waals surface area contributed by atoms with Crippen LogP contribution in [0.15, 0.2) is 23.8 Å². The van der Waals surface area contributed by atoms with E-state index in [9.17, 15) is 0 Å². The van der Waals surface area contributed by atoms with E-state index in [2.05, 4.69) is 19.1 Å². The van der Waals surface area contributed by atoms with E-state index in [1.54, 1.807) is 0 Å². The molecule has 0 aromatic heterocycles. The van der Waals surface area contributed by atoms with Gasteiger partial charge in [-0.25, -0.2) is 0 Å². The van der Waals surface area contributed by atoms with Gasteiger partial charge in [0.05, 0.1) is 0 Å². The van der Waals surface area contributed by atoms with Gasteiger partial charge in [-0.2, -0.15) is 0 Å². The second kappa shape index (κ2) is 3.64. The normalized spacial score (nSPS) is 30.3. The van der Waals surface area contributed by atoms with Crippen LogP contribution in [0.4, 0.5) is 0 Å². The minimum Gasteiger partial charge on any atom is -0.126 e. The average Bonchev–Trinajstić information content (AvgIpc) is 2.05. The van der Waals surface area contributed by atoms with Crippen LogP contribution >= 0.6 is 23.2 Å². The molecular formula is C9H12Cl2. The zero-order valence-electron chi connectivity index (χ0n) is 6.61. The molecule has 62 valence electrons. The summed E-state index contributed by atoms with van der Waals surface area (Å²) in [5, 5.41) is 0. The summed E-state index contributed by atoms with van der Waals surface area (Å²) in [6.45, 7) is 2.15. The Morgan fingerprint density at radius 2 is 2.27 bits per heavy atom. The van der Waals surface area contributed by atoms with E-state index in [1.165, 1.54) is 5.57 Å². The fraction of sp³-hybridized carbons (Fsp3) is 0.556. The van der Waals surface area contributed by atoms with Crippen LogP contribution in [-0.4, -0.2) is 11.8 Å². The lowest BCUT2D eigenvalue weighted by Gasteiger charge is -2.26. The lowest BCUT2D eigenvalue weighted by atomic mass is 9.82. The third-order valence-corrected chi connectivity index (χ3v) is 2.89. The molecule has 0 spiro atoms. The second-order valence-electron chi connectivity index (χ2n) is 3.28. The van der Waals surface area contributed by atoms with E-state index in [0.717, 1.165) is 6.42 Å². The summed E-state index contributed by atoms with van der Waals surface area (Å²) < 4.78 is 0. The third kappa shape index (κ3) is 2.25. The highest BCUT2D eigenvalue weighted by Gasteiger charge is 2.22. The number of allylic oxidation sites excluding steroid dienone is 4. The molecule has 0 nitrogen and oxygen atoms in total. The molecule has 1 unspecified atom stereocenters. The van der Waals surface area contributed by atoms with Gasteiger partial charge in [-0.3, -0.25) is 0 Å². The van der Waals surface area contributed by atoms with E-state index in [0.29, 0.717) is 11.8 Å². The van der Waals surface area contributed by atoms with Gasteiger partial charge in [-0.05, 0) is 6.42 Å². The van der Waals surface area contributed by atoms with Crippen molar-refractivity contribution in [2.45, 2.75) is 13.3 Å². The molecule has 1 rings (SSSR count). The van der Waals surface area contributed by atoms with Crippen LogP contribution in [0.1, 0.15) is 13.3 Å². The predicted octanol–water partition coefficient (Wildman–Crippen LogP) is 3.36. The molecule has 0 saturated heterocycles. The summed E-state index contributed by atoms with van der Waals surface area (Å²) in [4.78, 5) is 0. The van der Waals surface area contributed by atoms with Crippen molar-refractivity contribution in [2.75, 3.05) is 11.8 Å². The van der Waals surface area contributed by atoms with Gasteiger partial charge in [0, 0.05) is 17.2 Å². The minimum absolute atomic E-state index is 0.126. The largest absolute Gasteiger partial charge is 0.126 e. The molecule has 11 heavy (non-hydrogen) atoms. The average molecular weight is 191 g/mol. The molecule has 0 bridgehead atoms. The topological polar surface area (TPSA) is 0 Å². The molecule has 1 atom stereocenters. The monoisotopic (exact) mass is 190 g/mol. The quantitative estimate of drug-likeness (QED) is 0.587. The molecule has 0 aromatic rings. The fourth-order valence-corrected chi connectivity index (χ4v) is 1.60. The second-order valence-corrected chi connectivity index (χ2v) is 3.82.